The first-order valence-electron chi connectivity index (χ1n) is 7.60. The fourth-order valence-corrected chi connectivity index (χ4v) is 3.90. The van der Waals surface area contributed by atoms with Gasteiger partial charge >= 0.3 is 0 Å². The van der Waals surface area contributed by atoms with Crippen molar-refractivity contribution in [1.29, 1.82) is 0 Å². The van der Waals surface area contributed by atoms with Crippen LogP contribution in [0.4, 0.5) is 0 Å². The minimum absolute atomic E-state index is 0.0484. The van der Waals surface area contributed by atoms with Crippen LogP contribution in [0.1, 0.15) is 18.2 Å². The number of benzene rings is 1. The number of hydrogen-bond donors (Lipinski definition) is 0. The summed E-state index contributed by atoms with van der Waals surface area (Å²) in [5.41, 5.74) is 1.00. The highest BCUT2D eigenvalue weighted by Gasteiger charge is 2.32. The largest absolute Gasteiger partial charge is 0.305 e. The van der Waals surface area contributed by atoms with Gasteiger partial charge in [-0.1, -0.05) is 24.3 Å². The van der Waals surface area contributed by atoms with Gasteiger partial charge in [0.2, 0.25) is 5.96 Å². The Hall–Kier alpha value is -2.40. The minimum atomic E-state index is 0.0484. The van der Waals surface area contributed by atoms with Crippen LogP contribution in [0.3, 0.4) is 0 Å². The number of aromatic nitrogens is 1. The monoisotopic (exact) mass is 320 g/mol. The van der Waals surface area contributed by atoms with E-state index in [1.807, 2.05) is 48.3 Å². The number of fused-ring (bicyclic) bond motifs is 1. The second kappa shape index (κ2) is 6.38. The van der Waals surface area contributed by atoms with Gasteiger partial charge in [0.1, 0.15) is 0 Å². The van der Waals surface area contributed by atoms with E-state index in [0.717, 1.165) is 18.1 Å². The molecular weight excluding hydrogens is 304 g/mol. The van der Waals surface area contributed by atoms with E-state index in [2.05, 4.69) is 45.3 Å². The molecule has 2 aromatic rings. The summed E-state index contributed by atoms with van der Waals surface area (Å²) in [4.78, 5) is 17.1. The first-order valence-corrected chi connectivity index (χ1v) is 8.48. The van der Waals surface area contributed by atoms with E-state index in [0.29, 0.717) is 0 Å². The first kappa shape index (κ1) is 14.2. The number of nitrogens with zero attached hydrogens (tertiary/aromatic N) is 4. The summed E-state index contributed by atoms with van der Waals surface area (Å²) in [5, 5.41) is 0.255. The normalized spacial score (nSPS) is 22.6. The fourth-order valence-electron chi connectivity index (χ4n) is 2.72. The molecule has 1 aromatic carbocycles. The molecule has 23 heavy (non-hydrogen) atoms. The van der Waals surface area contributed by atoms with Crippen molar-refractivity contribution in [3.05, 3.63) is 72.7 Å². The Labute approximate surface area is 139 Å². The Morgan fingerprint density at radius 3 is 2.74 bits per heavy atom. The van der Waals surface area contributed by atoms with Gasteiger partial charge in [0.05, 0.1) is 17.1 Å². The highest BCUT2D eigenvalue weighted by atomic mass is 32.2. The van der Waals surface area contributed by atoms with Crippen molar-refractivity contribution < 1.29 is 0 Å². The molecule has 0 bridgehead atoms. The lowest BCUT2D eigenvalue weighted by atomic mass is 10.1. The summed E-state index contributed by atoms with van der Waals surface area (Å²) in [5.74, 6) is 0.767. The van der Waals surface area contributed by atoms with E-state index in [4.69, 9.17) is 4.99 Å². The Morgan fingerprint density at radius 2 is 1.91 bits per heavy atom. The maximum atomic E-state index is 4.78. The quantitative estimate of drug-likeness (QED) is 0.861. The molecule has 0 radical (unpaired) electrons. The molecule has 5 heteroatoms. The number of aliphatic imine (C=N–C) groups is 2. The zero-order valence-corrected chi connectivity index (χ0v) is 13.3. The van der Waals surface area contributed by atoms with Crippen LogP contribution in [-0.2, 0) is 0 Å². The van der Waals surface area contributed by atoms with Crippen LogP contribution in [0.2, 0.25) is 0 Å². The van der Waals surface area contributed by atoms with Crippen LogP contribution in [0.15, 0.2) is 81.9 Å². The molecule has 2 unspecified atom stereocenters. The second-order valence-electron chi connectivity index (χ2n) is 5.35. The third-order valence-corrected chi connectivity index (χ3v) is 5.04. The van der Waals surface area contributed by atoms with Crippen molar-refractivity contribution in [2.75, 3.05) is 0 Å². The van der Waals surface area contributed by atoms with Crippen molar-refractivity contribution >= 4 is 23.9 Å². The zero-order chi connectivity index (χ0) is 15.5. The van der Waals surface area contributed by atoms with Crippen LogP contribution in [0.5, 0.6) is 0 Å². The molecule has 2 atom stereocenters. The van der Waals surface area contributed by atoms with E-state index in [1.54, 1.807) is 6.21 Å². The molecule has 0 fully saturated rings. The lowest BCUT2D eigenvalue weighted by Gasteiger charge is -2.36. The fraction of sp³-hybridized carbons (Fsp3) is 0.167. The molecule has 4 rings (SSSR count). The molecule has 0 saturated heterocycles. The standard InChI is InChI=1S/C18H16N4S/c1-2-7-14(8-3-1)23-17-13-16(15-9-4-5-10-19-15)21-18-20-11-6-12-22(17)18/h1-12,16-17H,13H2. The third kappa shape index (κ3) is 3.05. The van der Waals surface area contributed by atoms with Crippen molar-refractivity contribution in [2.45, 2.75) is 22.7 Å². The van der Waals surface area contributed by atoms with E-state index in [1.165, 1.54) is 4.90 Å². The first-order chi connectivity index (χ1) is 11.4. The van der Waals surface area contributed by atoms with Crippen LogP contribution >= 0.6 is 11.8 Å². The van der Waals surface area contributed by atoms with E-state index in [-0.39, 0.29) is 11.4 Å². The minimum Gasteiger partial charge on any atom is -0.305 e. The van der Waals surface area contributed by atoms with E-state index in [9.17, 15) is 0 Å². The molecule has 2 aliphatic heterocycles. The van der Waals surface area contributed by atoms with Crippen LogP contribution in [0.25, 0.3) is 0 Å². The van der Waals surface area contributed by atoms with Crippen molar-refractivity contribution in [2.24, 2.45) is 9.98 Å². The van der Waals surface area contributed by atoms with Crippen molar-refractivity contribution in [3.8, 4) is 0 Å². The van der Waals surface area contributed by atoms with Crippen LogP contribution in [-0.4, -0.2) is 27.4 Å². The van der Waals surface area contributed by atoms with Gasteiger partial charge < -0.3 is 4.90 Å². The summed E-state index contributed by atoms with van der Waals surface area (Å²) in [6.07, 6.45) is 8.53. The smallest absolute Gasteiger partial charge is 0.226 e. The number of rotatable bonds is 3. The van der Waals surface area contributed by atoms with Gasteiger partial charge in [-0.2, -0.15) is 0 Å². The number of thioether (sulfide) groups is 1. The number of pyridine rings is 1. The Balaban J connectivity index is 1.65. The molecule has 4 nitrogen and oxygen atoms in total. The molecule has 0 saturated carbocycles. The van der Waals surface area contributed by atoms with Gasteiger partial charge in [-0.3, -0.25) is 4.98 Å². The van der Waals surface area contributed by atoms with E-state index >= 15 is 0 Å². The second-order valence-corrected chi connectivity index (χ2v) is 6.60. The summed E-state index contributed by atoms with van der Waals surface area (Å²) in [7, 11) is 0. The number of allylic oxidation sites excluding steroid dienone is 1. The Morgan fingerprint density at radius 1 is 1.04 bits per heavy atom. The number of guanidine groups is 1. The number of hydrogen-bond acceptors (Lipinski definition) is 5. The summed E-state index contributed by atoms with van der Waals surface area (Å²) < 4.78 is 0. The van der Waals surface area contributed by atoms with Gasteiger partial charge in [-0.25, -0.2) is 9.98 Å². The SMILES string of the molecule is C1=CN2C(=NC(c3ccccn3)CC2Sc2ccccc2)N=C1. The maximum Gasteiger partial charge on any atom is 0.226 e. The summed E-state index contributed by atoms with van der Waals surface area (Å²) in [6, 6.07) is 16.5. The van der Waals surface area contributed by atoms with Gasteiger partial charge in [-0.15, -0.1) is 11.8 Å². The van der Waals surface area contributed by atoms with Crippen molar-refractivity contribution in [3.63, 3.8) is 0 Å². The topological polar surface area (TPSA) is 40.9 Å². The Bertz CT molecular complexity index is 755. The third-order valence-electron chi connectivity index (χ3n) is 3.80. The van der Waals surface area contributed by atoms with Crippen molar-refractivity contribution in [1.82, 2.24) is 9.88 Å². The zero-order valence-electron chi connectivity index (χ0n) is 12.5. The van der Waals surface area contributed by atoms with Gasteiger partial charge in [0.25, 0.3) is 0 Å². The average Bonchev–Trinajstić information content (AvgIpc) is 2.63. The summed E-state index contributed by atoms with van der Waals surface area (Å²) in [6.45, 7) is 0. The predicted octanol–water partition coefficient (Wildman–Crippen LogP) is 3.90. The highest BCUT2D eigenvalue weighted by Crippen LogP contribution is 2.37. The summed E-state index contributed by atoms with van der Waals surface area (Å²) >= 11 is 1.84. The molecule has 3 heterocycles. The predicted molar refractivity (Wildman–Crippen MR) is 94.6 cm³/mol. The molecule has 114 valence electrons. The molecule has 1 aromatic heterocycles. The van der Waals surface area contributed by atoms with Crippen LogP contribution in [0, 0.1) is 0 Å². The molecular formula is C18H16N4S. The van der Waals surface area contributed by atoms with Gasteiger partial charge in [-0.05, 0) is 30.3 Å². The highest BCUT2D eigenvalue weighted by molar-refractivity contribution is 7.99. The van der Waals surface area contributed by atoms with Gasteiger partial charge in [0.15, 0.2) is 0 Å². The molecule has 2 aliphatic rings. The maximum absolute atomic E-state index is 4.78. The Kier molecular flexibility index (Phi) is 3.94. The molecule has 0 aliphatic carbocycles. The van der Waals surface area contributed by atoms with E-state index < -0.39 is 0 Å². The molecule has 0 amide bonds. The van der Waals surface area contributed by atoms with Crippen LogP contribution < -0.4 is 0 Å². The lowest BCUT2D eigenvalue weighted by molar-refractivity contribution is 0.413. The molecule has 0 N–H and O–H groups in total. The average molecular weight is 320 g/mol. The lowest BCUT2D eigenvalue weighted by Crippen LogP contribution is -2.39. The van der Waals surface area contributed by atoms with Gasteiger partial charge in [0, 0.05) is 29.9 Å². The molecule has 0 spiro atoms.